The van der Waals surface area contributed by atoms with E-state index >= 15 is 0 Å². The van der Waals surface area contributed by atoms with Gasteiger partial charge >= 0.3 is 6.36 Å². The summed E-state index contributed by atoms with van der Waals surface area (Å²) in [5, 5.41) is 12.8. The van der Waals surface area contributed by atoms with Gasteiger partial charge in [-0.25, -0.2) is 9.97 Å². The highest BCUT2D eigenvalue weighted by Crippen LogP contribution is 2.24. The third kappa shape index (κ3) is 5.15. The summed E-state index contributed by atoms with van der Waals surface area (Å²) in [5.41, 5.74) is 0.444. The van der Waals surface area contributed by atoms with Gasteiger partial charge in [-0.1, -0.05) is 12.1 Å². The number of ether oxygens (including phenoxy) is 1. The SMILES string of the molecule is OC(CNc1ncc(Br)cn1)c1ccc(OC(F)(F)F)cc1. The molecule has 0 bridgehead atoms. The Bertz CT molecular complexity index is 605. The van der Waals surface area contributed by atoms with Crippen molar-refractivity contribution in [3.8, 4) is 5.75 Å². The molecule has 0 amide bonds. The first kappa shape index (κ1) is 16.5. The van der Waals surface area contributed by atoms with E-state index in [1.54, 1.807) is 12.4 Å². The largest absolute Gasteiger partial charge is 0.573 e. The molecule has 1 heterocycles. The normalized spacial score (nSPS) is 12.8. The van der Waals surface area contributed by atoms with Crippen molar-refractivity contribution in [1.82, 2.24) is 9.97 Å². The fraction of sp³-hybridized carbons (Fsp3) is 0.231. The van der Waals surface area contributed by atoms with Gasteiger partial charge < -0.3 is 15.2 Å². The van der Waals surface area contributed by atoms with E-state index in [4.69, 9.17) is 0 Å². The lowest BCUT2D eigenvalue weighted by molar-refractivity contribution is -0.274. The predicted molar refractivity (Wildman–Crippen MR) is 76.3 cm³/mol. The average Bonchev–Trinajstić information content (AvgIpc) is 2.45. The lowest BCUT2D eigenvalue weighted by Gasteiger charge is -2.13. The molecule has 2 rings (SSSR count). The standard InChI is InChI=1S/C13H11BrF3N3O2/c14-9-5-18-12(19-6-9)20-7-11(21)8-1-3-10(4-2-8)22-13(15,16)17/h1-6,11,21H,7H2,(H,18,19,20). The summed E-state index contributed by atoms with van der Waals surface area (Å²) in [5.74, 6) is -0.00748. The smallest absolute Gasteiger partial charge is 0.406 e. The monoisotopic (exact) mass is 377 g/mol. The summed E-state index contributed by atoms with van der Waals surface area (Å²) < 4.78 is 40.6. The molecule has 118 valence electrons. The van der Waals surface area contributed by atoms with Crippen LogP contribution < -0.4 is 10.1 Å². The Morgan fingerprint density at radius 2 is 1.77 bits per heavy atom. The fourth-order valence-corrected chi connectivity index (χ4v) is 1.81. The van der Waals surface area contributed by atoms with E-state index in [-0.39, 0.29) is 12.3 Å². The zero-order valence-corrected chi connectivity index (χ0v) is 12.6. The van der Waals surface area contributed by atoms with E-state index < -0.39 is 12.5 Å². The number of rotatable bonds is 5. The van der Waals surface area contributed by atoms with Crippen molar-refractivity contribution in [1.29, 1.82) is 0 Å². The minimum Gasteiger partial charge on any atom is -0.406 e. The molecule has 0 saturated heterocycles. The molecule has 1 aromatic carbocycles. The predicted octanol–water partition coefficient (Wildman–Crippen LogP) is 3.28. The summed E-state index contributed by atoms with van der Waals surface area (Å²) in [7, 11) is 0. The first-order valence-corrected chi connectivity index (χ1v) is 6.88. The second kappa shape index (κ2) is 6.93. The second-order valence-corrected chi connectivity index (χ2v) is 5.15. The summed E-state index contributed by atoms with van der Waals surface area (Å²) in [6.45, 7) is 0.112. The molecule has 9 heteroatoms. The number of alkyl halides is 3. The van der Waals surface area contributed by atoms with Crippen LogP contribution in [-0.2, 0) is 0 Å². The van der Waals surface area contributed by atoms with Crippen LogP contribution in [-0.4, -0.2) is 28.0 Å². The first-order chi connectivity index (χ1) is 10.3. The minimum absolute atomic E-state index is 0.112. The molecule has 1 atom stereocenters. The van der Waals surface area contributed by atoms with Crippen molar-refractivity contribution in [2.45, 2.75) is 12.5 Å². The number of benzene rings is 1. The van der Waals surface area contributed by atoms with Gasteiger partial charge in [0.25, 0.3) is 0 Å². The van der Waals surface area contributed by atoms with Crippen LogP contribution in [0.15, 0.2) is 41.1 Å². The highest BCUT2D eigenvalue weighted by Gasteiger charge is 2.31. The van der Waals surface area contributed by atoms with E-state index in [1.807, 2.05) is 0 Å². The third-order valence-electron chi connectivity index (χ3n) is 2.57. The summed E-state index contributed by atoms with van der Waals surface area (Å²) in [4.78, 5) is 7.95. The van der Waals surface area contributed by atoms with Gasteiger partial charge in [0.2, 0.25) is 5.95 Å². The molecule has 0 radical (unpaired) electrons. The number of nitrogens with zero attached hydrogens (tertiary/aromatic N) is 2. The van der Waals surface area contributed by atoms with E-state index in [0.29, 0.717) is 11.5 Å². The quantitative estimate of drug-likeness (QED) is 0.836. The van der Waals surface area contributed by atoms with Crippen LogP contribution in [0.25, 0.3) is 0 Å². The minimum atomic E-state index is -4.74. The van der Waals surface area contributed by atoms with Gasteiger partial charge in [-0.2, -0.15) is 0 Å². The zero-order valence-electron chi connectivity index (χ0n) is 11.0. The maximum atomic E-state index is 12.0. The number of halogens is 4. The van der Waals surface area contributed by atoms with Crippen LogP contribution in [0.3, 0.4) is 0 Å². The van der Waals surface area contributed by atoms with E-state index in [9.17, 15) is 18.3 Å². The number of aliphatic hydroxyl groups is 1. The summed E-state index contributed by atoms with van der Waals surface area (Å²) >= 11 is 3.20. The molecule has 2 aromatic rings. The number of nitrogens with one attached hydrogen (secondary N) is 1. The van der Waals surface area contributed by atoms with Crippen LogP contribution in [0.5, 0.6) is 5.75 Å². The molecule has 0 spiro atoms. The maximum absolute atomic E-state index is 12.0. The number of aliphatic hydroxyl groups excluding tert-OH is 1. The number of hydrogen-bond donors (Lipinski definition) is 2. The van der Waals surface area contributed by atoms with Crippen LogP contribution in [0.4, 0.5) is 19.1 Å². The van der Waals surface area contributed by atoms with Crippen molar-refractivity contribution in [2.75, 3.05) is 11.9 Å². The molecular formula is C13H11BrF3N3O2. The van der Waals surface area contributed by atoms with Crippen LogP contribution in [0, 0.1) is 0 Å². The van der Waals surface area contributed by atoms with Gasteiger partial charge in [0.1, 0.15) is 5.75 Å². The van der Waals surface area contributed by atoms with Crippen molar-refractivity contribution in [3.63, 3.8) is 0 Å². The molecule has 2 N–H and O–H groups in total. The van der Waals surface area contributed by atoms with E-state index in [1.165, 1.54) is 12.1 Å². The molecule has 0 aliphatic rings. The topological polar surface area (TPSA) is 67.3 Å². The second-order valence-electron chi connectivity index (χ2n) is 4.24. The van der Waals surface area contributed by atoms with Crippen LogP contribution in [0.2, 0.25) is 0 Å². The highest BCUT2D eigenvalue weighted by molar-refractivity contribution is 9.10. The van der Waals surface area contributed by atoms with Crippen LogP contribution >= 0.6 is 15.9 Å². The van der Waals surface area contributed by atoms with Crippen LogP contribution in [0.1, 0.15) is 11.7 Å². The van der Waals surface area contributed by atoms with Crippen molar-refractivity contribution < 1.29 is 23.0 Å². The number of anilines is 1. The van der Waals surface area contributed by atoms with Gasteiger partial charge in [-0.3, -0.25) is 0 Å². The zero-order chi connectivity index (χ0) is 16.2. The Balaban J connectivity index is 1.92. The molecule has 0 aliphatic heterocycles. The van der Waals surface area contributed by atoms with Crippen molar-refractivity contribution in [2.24, 2.45) is 0 Å². The van der Waals surface area contributed by atoms with E-state index in [2.05, 4.69) is 36.0 Å². The van der Waals surface area contributed by atoms with Gasteiger partial charge in [0.15, 0.2) is 0 Å². The molecular weight excluding hydrogens is 367 g/mol. The highest BCUT2D eigenvalue weighted by atomic mass is 79.9. The molecule has 1 aromatic heterocycles. The Labute approximate surface area is 132 Å². The van der Waals surface area contributed by atoms with Gasteiger partial charge in [-0.05, 0) is 33.6 Å². The number of aromatic nitrogens is 2. The van der Waals surface area contributed by atoms with E-state index in [0.717, 1.165) is 16.6 Å². The molecule has 0 fully saturated rings. The molecule has 5 nitrogen and oxygen atoms in total. The molecule has 0 aliphatic carbocycles. The molecule has 22 heavy (non-hydrogen) atoms. The lowest BCUT2D eigenvalue weighted by Crippen LogP contribution is -2.17. The summed E-state index contributed by atoms with van der Waals surface area (Å²) in [6, 6.07) is 5.00. The van der Waals surface area contributed by atoms with Crippen molar-refractivity contribution >= 4 is 21.9 Å². The Morgan fingerprint density at radius 1 is 1.18 bits per heavy atom. The molecule has 0 saturated carbocycles. The molecule has 1 unspecified atom stereocenters. The van der Waals surface area contributed by atoms with Gasteiger partial charge in [0, 0.05) is 18.9 Å². The summed E-state index contributed by atoms with van der Waals surface area (Å²) in [6.07, 6.45) is -2.57. The fourth-order valence-electron chi connectivity index (χ4n) is 1.60. The maximum Gasteiger partial charge on any atom is 0.573 e. The van der Waals surface area contributed by atoms with Gasteiger partial charge in [0.05, 0.1) is 10.6 Å². The third-order valence-corrected chi connectivity index (χ3v) is 2.98. The Hall–Kier alpha value is -1.87. The van der Waals surface area contributed by atoms with Crippen molar-refractivity contribution in [3.05, 3.63) is 46.7 Å². The number of hydrogen-bond acceptors (Lipinski definition) is 5. The Kier molecular flexibility index (Phi) is 5.19. The average molecular weight is 378 g/mol. The first-order valence-electron chi connectivity index (χ1n) is 6.09. The van der Waals surface area contributed by atoms with Gasteiger partial charge in [-0.15, -0.1) is 13.2 Å². The lowest BCUT2D eigenvalue weighted by atomic mass is 10.1. The Morgan fingerprint density at radius 3 is 2.32 bits per heavy atom.